The van der Waals surface area contributed by atoms with E-state index in [1.165, 1.54) is 0 Å². The van der Waals surface area contributed by atoms with E-state index < -0.39 is 0 Å². The number of nitrogens with one attached hydrogen (secondary N) is 1. The van der Waals surface area contributed by atoms with Crippen LogP contribution in [-0.4, -0.2) is 29.7 Å². The van der Waals surface area contributed by atoms with E-state index in [2.05, 4.69) is 10.3 Å². The van der Waals surface area contributed by atoms with Gasteiger partial charge in [-0.3, -0.25) is 4.79 Å². The molecule has 1 rings (SSSR count). The molecular weight excluding hydrogens is 218 g/mol. The van der Waals surface area contributed by atoms with Crippen LogP contribution < -0.4 is 11.1 Å². The van der Waals surface area contributed by atoms with E-state index in [1.54, 1.807) is 30.1 Å². The summed E-state index contributed by atoms with van der Waals surface area (Å²) in [4.78, 5) is 15.2. The molecule has 3 N–H and O–H groups in total. The summed E-state index contributed by atoms with van der Waals surface area (Å²) in [5.41, 5.74) is 6.20. The van der Waals surface area contributed by atoms with Crippen molar-refractivity contribution >= 4 is 29.0 Å². The van der Waals surface area contributed by atoms with Gasteiger partial charge in [-0.15, -0.1) is 11.3 Å². The van der Waals surface area contributed by atoms with E-state index in [0.717, 1.165) is 10.0 Å². The first-order chi connectivity index (χ1) is 6.63. The molecule has 0 aliphatic rings. The number of amides is 1. The minimum absolute atomic E-state index is 0.288. The van der Waals surface area contributed by atoms with Gasteiger partial charge >= 0.3 is 0 Å². The molecular formula is C8H13N3OS2. The molecule has 0 fully saturated rings. The van der Waals surface area contributed by atoms with E-state index in [1.807, 2.05) is 12.3 Å². The Hall–Kier alpha value is -0.590. The molecule has 14 heavy (non-hydrogen) atoms. The number of carbonyl (C=O) groups is 1. The van der Waals surface area contributed by atoms with Crippen LogP contribution in [-0.2, 0) is 4.79 Å². The highest BCUT2D eigenvalue weighted by Gasteiger charge is 2.13. The molecule has 1 atom stereocenters. The van der Waals surface area contributed by atoms with E-state index >= 15 is 0 Å². The number of aromatic nitrogens is 1. The van der Waals surface area contributed by atoms with Gasteiger partial charge in [-0.25, -0.2) is 4.98 Å². The highest BCUT2D eigenvalue weighted by atomic mass is 32.2. The lowest BCUT2D eigenvalue weighted by Gasteiger charge is -2.09. The fraction of sp³-hybridized carbons (Fsp3) is 0.500. The van der Waals surface area contributed by atoms with E-state index in [-0.39, 0.29) is 11.9 Å². The van der Waals surface area contributed by atoms with Crippen LogP contribution >= 0.6 is 23.1 Å². The van der Waals surface area contributed by atoms with Crippen LogP contribution in [0.15, 0.2) is 9.72 Å². The molecule has 0 aliphatic heterocycles. The summed E-state index contributed by atoms with van der Waals surface area (Å²) in [5.74, 6) is 0.298. The van der Waals surface area contributed by atoms with Crippen LogP contribution in [0.5, 0.6) is 0 Å². The van der Waals surface area contributed by atoms with Crippen LogP contribution in [0, 0.1) is 6.92 Å². The molecule has 0 aromatic carbocycles. The Kier molecular flexibility index (Phi) is 4.37. The van der Waals surface area contributed by atoms with Crippen LogP contribution in [0.4, 0.5) is 0 Å². The third kappa shape index (κ3) is 3.28. The van der Waals surface area contributed by atoms with Crippen LogP contribution in [0.1, 0.15) is 5.69 Å². The van der Waals surface area contributed by atoms with Gasteiger partial charge in [0, 0.05) is 16.8 Å². The van der Waals surface area contributed by atoms with Crippen LogP contribution in [0.25, 0.3) is 0 Å². The van der Waals surface area contributed by atoms with Crippen molar-refractivity contribution in [3.8, 4) is 0 Å². The predicted molar refractivity (Wildman–Crippen MR) is 59.6 cm³/mol. The second-order valence-electron chi connectivity index (χ2n) is 2.81. The van der Waals surface area contributed by atoms with Crippen molar-refractivity contribution in [1.29, 1.82) is 0 Å². The number of rotatable bonds is 5. The molecule has 6 heteroatoms. The summed E-state index contributed by atoms with van der Waals surface area (Å²) in [5, 5.41) is 4.85. The number of nitrogens with zero attached hydrogens (tertiary/aromatic N) is 1. The van der Waals surface area contributed by atoms with E-state index in [4.69, 9.17) is 5.73 Å². The summed E-state index contributed by atoms with van der Waals surface area (Å²) < 4.78 is 0.976. The number of nitrogens with two attached hydrogens (primary N) is 1. The fourth-order valence-electron chi connectivity index (χ4n) is 0.861. The van der Waals surface area contributed by atoms with Gasteiger partial charge in [-0.2, -0.15) is 0 Å². The number of thioether (sulfide) groups is 1. The molecule has 0 aliphatic carbocycles. The standard InChI is InChI=1S/C8H13N3OS2/c1-5-3-13-8(11-5)14-4-6(10-2)7(9)12/h3,6,10H,4H2,1-2H3,(H2,9,12). The van der Waals surface area contributed by atoms with Gasteiger partial charge < -0.3 is 11.1 Å². The number of hydrogen-bond acceptors (Lipinski definition) is 5. The minimum atomic E-state index is -0.326. The third-order valence-corrected chi connectivity index (χ3v) is 3.90. The van der Waals surface area contributed by atoms with Gasteiger partial charge in [0.25, 0.3) is 0 Å². The first-order valence-corrected chi connectivity index (χ1v) is 6.01. The van der Waals surface area contributed by atoms with E-state index in [0.29, 0.717) is 5.75 Å². The molecule has 1 heterocycles. The lowest BCUT2D eigenvalue weighted by Crippen LogP contribution is -2.41. The Balaban J connectivity index is 2.43. The fourth-order valence-corrected chi connectivity index (χ4v) is 2.85. The molecule has 1 amide bonds. The van der Waals surface area contributed by atoms with Gasteiger partial charge in [0.05, 0.1) is 6.04 Å². The molecule has 1 unspecified atom stereocenters. The Morgan fingerprint density at radius 3 is 3.00 bits per heavy atom. The maximum absolute atomic E-state index is 10.9. The number of primary amides is 1. The lowest BCUT2D eigenvalue weighted by atomic mass is 10.3. The van der Waals surface area contributed by atoms with Crippen LogP contribution in [0.3, 0.4) is 0 Å². The topological polar surface area (TPSA) is 68.0 Å². The second kappa shape index (κ2) is 5.33. The SMILES string of the molecule is CNC(CSc1nc(C)cs1)C(N)=O. The molecule has 0 radical (unpaired) electrons. The maximum Gasteiger partial charge on any atom is 0.235 e. The van der Waals surface area contributed by atoms with Crippen molar-refractivity contribution < 1.29 is 4.79 Å². The molecule has 4 nitrogen and oxygen atoms in total. The molecule has 0 saturated heterocycles. The predicted octanol–water partition coefficient (Wildman–Crippen LogP) is 0.617. The monoisotopic (exact) mass is 231 g/mol. The molecule has 1 aromatic heterocycles. The largest absolute Gasteiger partial charge is 0.368 e. The van der Waals surface area contributed by atoms with Crippen molar-refractivity contribution in [3.05, 3.63) is 11.1 Å². The molecule has 1 aromatic rings. The highest BCUT2D eigenvalue weighted by Crippen LogP contribution is 2.22. The van der Waals surface area contributed by atoms with Gasteiger partial charge in [0.15, 0.2) is 0 Å². The van der Waals surface area contributed by atoms with Crippen molar-refractivity contribution in [2.24, 2.45) is 5.73 Å². The summed E-state index contributed by atoms with van der Waals surface area (Å²) in [6.45, 7) is 1.95. The number of carbonyl (C=O) groups excluding carboxylic acids is 1. The highest BCUT2D eigenvalue weighted by molar-refractivity contribution is 8.01. The third-order valence-electron chi connectivity index (χ3n) is 1.66. The zero-order chi connectivity index (χ0) is 10.6. The number of aryl methyl sites for hydroxylation is 1. The summed E-state index contributed by atoms with van der Waals surface area (Å²) in [6, 6.07) is -0.288. The Morgan fingerprint density at radius 2 is 2.57 bits per heavy atom. The molecule has 0 bridgehead atoms. The summed E-state index contributed by atoms with van der Waals surface area (Å²) in [6.07, 6.45) is 0. The lowest BCUT2D eigenvalue weighted by molar-refractivity contribution is -0.119. The molecule has 0 saturated carbocycles. The van der Waals surface area contributed by atoms with E-state index in [9.17, 15) is 4.79 Å². The normalized spacial score (nSPS) is 12.7. The van der Waals surface area contributed by atoms with Gasteiger partial charge in [0.2, 0.25) is 5.91 Å². The van der Waals surface area contributed by atoms with Crippen molar-refractivity contribution in [2.75, 3.05) is 12.8 Å². The van der Waals surface area contributed by atoms with Crippen LogP contribution in [0.2, 0.25) is 0 Å². The smallest absolute Gasteiger partial charge is 0.235 e. The maximum atomic E-state index is 10.9. The Labute approximate surface area is 91.3 Å². The first kappa shape index (κ1) is 11.5. The molecule has 78 valence electrons. The average molecular weight is 231 g/mol. The Bertz CT molecular complexity index is 313. The zero-order valence-electron chi connectivity index (χ0n) is 8.11. The van der Waals surface area contributed by atoms with Crippen molar-refractivity contribution in [2.45, 2.75) is 17.3 Å². The minimum Gasteiger partial charge on any atom is -0.368 e. The second-order valence-corrected chi connectivity index (χ2v) is 4.93. The number of hydrogen-bond donors (Lipinski definition) is 2. The van der Waals surface area contributed by atoms with Gasteiger partial charge in [-0.1, -0.05) is 11.8 Å². The first-order valence-electron chi connectivity index (χ1n) is 4.15. The number of likely N-dealkylation sites (N-methyl/N-ethyl adjacent to an activating group) is 1. The Morgan fingerprint density at radius 1 is 1.86 bits per heavy atom. The summed E-state index contributed by atoms with van der Waals surface area (Å²) in [7, 11) is 1.73. The van der Waals surface area contributed by atoms with Gasteiger partial charge in [0.1, 0.15) is 4.34 Å². The van der Waals surface area contributed by atoms with Crippen molar-refractivity contribution in [1.82, 2.24) is 10.3 Å². The average Bonchev–Trinajstić information content (AvgIpc) is 2.52. The van der Waals surface area contributed by atoms with Gasteiger partial charge in [-0.05, 0) is 14.0 Å². The molecule has 0 spiro atoms. The zero-order valence-corrected chi connectivity index (χ0v) is 9.74. The summed E-state index contributed by atoms with van der Waals surface area (Å²) >= 11 is 3.13. The quantitative estimate of drug-likeness (QED) is 0.729. The number of thiazole rings is 1. The van der Waals surface area contributed by atoms with Crippen molar-refractivity contribution in [3.63, 3.8) is 0 Å².